The van der Waals surface area contributed by atoms with E-state index >= 15 is 0 Å². The molecule has 0 fully saturated rings. The first-order valence-corrected chi connectivity index (χ1v) is 6.12. The van der Waals surface area contributed by atoms with Crippen LogP contribution in [-0.2, 0) is 0 Å². The number of carboxylic acid groups (broad SMARTS) is 1. The summed E-state index contributed by atoms with van der Waals surface area (Å²) in [5.41, 5.74) is 1.03. The number of aromatic carboxylic acids is 1. The van der Waals surface area contributed by atoms with Gasteiger partial charge in [0, 0.05) is 10.0 Å². The van der Waals surface area contributed by atoms with Crippen LogP contribution in [0.4, 0.5) is 0 Å². The van der Waals surface area contributed by atoms with Crippen molar-refractivity contribution in [1.82, 2.24) is 9.97 Å². The highest BCUT2D eigenvalue weighted by molar-refractivity contribution is 9.10. The smallest absolute Gasteiger partial charge is 0.354 e. The van der Waals surface area contributed by atoms with Crippen LogP contribution in [-0.4, -0.2) is 28.2 Å². The number of halogens is 1. The van der Waals surface area contributed by atoms with Crippen molar-refractivity contribution in [2.24, 2.45) is 0 Å². The number of nitrogens with one attached hydrogen (secondary N) is 2. The van der Waals surface area contributed by atoms with E-state index in [2.05, 4.69) is 25.9 Å². The van der Waals surface area contributed by atoms with Gasteiger partial charge in [-0.1, -0.05) is 15.9 Å². The molecule has 0 bridgehead atoms. The molecule has 0 aliphatic heterocycles. The van der Waals surface area contributed by atoms with E-state index in [9.17, 15) is 4.79 Å². The fraction of sp³-hybridized carbons (Fsp3) is 0.0909. The SMILES string of the molecule is COc1ccc(Br)cc1-c1[nH]c(=S)[nH]c1C(=O)O. The Balaban J connectivity index is 2.71. The van der Waals surface area contributed by atoms with Crippen LogP contribution in [0, 0.1) is 4.77 Å². The normalized spacial score (nSPS) is 10.3. The second-order valence-corrected chi connectivity index (χ2v) is 4.80. The molecule has 7 heteroatoms. The summed E-state index contributed by atoms with van der Waals surface area (Å²) in [5, 5.41) is 9.12. The summed E-state index contributed by atoms with van der Waals surface area (Å²) in [4.78, 5) is 16.6. The van der Waals surface area contributed by atoms with E-state index in [0.29, 0.717) is 17.0 Å². The zero-order valence-corrected chi connectivity index (χ0v) is 11.7. The number of imidazole rings is 1. The Morgan fingerprint density at radius 2 is 2.17 bits per heavy atom. The van der Waals surface area contributed by atoms with Crippen molar-refractivity contribution in [2.75, 3.05) is 7.11 Å². The van der Waals surface area contributed by atoms with Gasteiger partial charge in [0.15, 0.2) is 10.5 Å². The lowest BCUT2D eigenvalue weighted by molar-refractivity contribution is 0.0692. The van der Waals surface area contributed by atoms with Crippen molar-refractivity contribution in [3.05, 3.63) is 33.1 Å². The van der Waals surface area contributed by atoms with E-state index in [1.54, 1.807) is 12.1 Å². The van der Waals surface area contributed by atoms with Crippen molar-refractivity contribution in [3.63, 3.8) is 0 Å². The molecule has 1 heterocycles. The van der Waals surface area contributed by atoms with Gasteiger partial charge in [0.05, 0.1) is 12.8 Å². The number of H-pyrrole nitrogens is 2. The minimum atomic E-state index is -1.08. The predicted molar refractivity (Wildman–Crippen MR) is 72.6 cm³/mol. The van der Waals surface area contributed by atoms with E-state index in [1.165, 1.54) is 7.11 Å². The molecule has 2 aromatic rings. The third-order valence-corrected chi connectivity index (χ3v) is 3.07. The average molecular weight is 329 g/mol. The number of benzene rings is 1. The Hall–Kier alpha value is -1.60. The molecule has 0 saturated heterocycles. The molecule has 0 amide bonds. The van der Waals surface area contributed by atoms with Crippen LogP contribution in [0.3, 0.4) is 0 Å². The number of carbonyl (C=O) groups is 1. The Bertz CT molecular complexity index is 663. The maximum atomic E-state index is 11.1. The molecule has 94 valence electrons. The lowest BCUT2D eigenvalue weighted by atomic mass is 10.1. The summed E-state index contributed by atoms with van der Waals surface area (Å²) < 4.78 is 6.29. The van der Waals surface area contributed by atoms with E-state index in [0.717, 1.165) is 4.47 Å². The number of rotatable bonds is 3. The van der Waals surface area contributed by atoms with Gasteiger partial charge in [0.25, 0.3) is 0 Å². The lowest BCUT2D eigenvalue weighted by Gasteiger charge is -2.08. The molecule has 0 spiro atoms. The van der Waals surface area contributed by atoms with Crippen LogP contribution in [0.2, 0.25) is 0 Å². The highest BCUT2D eigenvalue weighted by Crippen LogP contribution is 2.33. The van der Waals surface area contributed by atoms with Crippen LogP contribution < -0.4 is 4.74 Å². The molecule has 5 nitrogen and oxygen atoms in total. The van der Waals surface area contributed by atoms with Crippen LogP contribution in [0.1, 0.15) is 10.5 Å². The molecule has 0 aliphatic rings. The third kappa shape index (κ3) is 2.32. The molecule has 0 atom stereocenters. The second-order valence-electron chi connectivity index (χ2n) is 3.48. The van der Waals surface area contributed by atoms with E-state index in [1.807, 2.05) is 6.07 Å². The summed E-state index contributed by atoms with van der Waals surface area (Å²) in [5.74, 6) is -0.523. The first-order chi connectivity index (χ1) is 8.52. The molecule has 3 N–H and O–H groups in total. The molecule has 2 rings (SSSR count). The predicted octanol–water partition coefficient (Wildman–Crippen LogP) is 3.21. The number of aromatic nitrogens is 2. The summed E-state index contributed by atoms with van der Waals surface area (Å²) in [6.07, 6.45) is 0. The Morgan fingerprint density at radius 1 is 1.44 bits per heavy atom. The quantitative estimate of drug-likeness (QED) is 0.756. The molecular formula is C11H9BrN2O3S. The second kappa shape index (κ2) is 4.95. The van der Waals surface area contributed by atoms with Gasteiger partial charge >= 0.3 is 5.97 Å². The highest BCUT2D eigenvalue weighted by atomic mass is 79.9. The monoisotopic (exact) mass is 328 g/mol. The van der Waals surface area contributed by atoms with Gasteiger partial charge in [-0.05, 0) is 30.4 Å². The van der Waals surface area contributed by atoms with Crippen LogP contribution >= 0.6 is 28.1 Å². The standard InChI is InChI=1S/C11H9BrN2O3S/c1-17-7-3-2-5(12)4-6(7)8-9(10(15)16)14-11(18)13-8/h2-4H,1H3,(H,15,16)(H2,13,14,18). The highest BCUT2D eigenvalue weighted by Gasteiger charge is 2.18. The average Bonchev–Trinajstić information content (AvgIpc) is 2.71. The van der Waals surface area contributed by atoms with E-state index < -0.39 is 5.97 Å². The topological polar surface area (TPSA) is 78.1 Å². The number of ether oxygens (including phenoxy) is 1. The van der Waals surface area contributed by atoms with Crippen molar-refractivity contribution in [3.8, 4) is 17.0 Å². The Labute approximate surface area is 116 Å². The van der Waals surface area contributed by atoms with Crippen molar-refractivity contribution < 1.29 is 14.6 Å². The van der Waals surface area contributed by atoms with Crippen molar-refractivity contribution in [2.45, 2.75) is 0 Å². The molecule has 1 aromatic heterocycles. The fourth-order valence-electron chi connectivity index (χ4n) is 1.62. The molecule has 0 unspecified atom stereocenters. The Kier molecular flexibility index (Phi) is 3.53. The first kappa shape index (κ1) is 12.8. The van der Waals surface area contributed by atoms with Gasteiger partial charge in [-0.15, -0.1) is 0 Å². The zero-order valence-electron chi connectivity index (χ0n) is 9.28. The van der Waals surface area contributed by atoms with E-state index in [-0.39, 0.29) is 10.5 Å². The van der Waals surface area contributed by atoms with Gasteiger partial charge in [-0.25, -0.2) is 4.79 Å². The van der Waals surface area contributed by atoms with Gasteiger partial charge in [-0.2, -0.15) is 0 Å². The van der Waals surface area contributed by atoms with E-state index in [4.69, 9.17) is 22.1 Å². The van der Waals surface area contributed by atoms with Gasteiger partial charge in [0.2, 0.25) is 0 Å². The van der Waals surface area contributed by atoms with Crippen LogP contribution in [0.15, 0.2) is 22.7 Å². The molecule has 0 saturated carbocycles. The minimum absolute atomic E-state index is 0.0106. The number of aromatic amines is 2. The van der Waals surface area contributed by atoms with Gasteiger partial charge in [0.1, 0.15) is 5.75 Å². The summed E-state index contributed by atoms with van der Waals surface area (Å²) >= 11 is 8.26. The van der Waals surface area contributed by atoms with Crippen molar-refractivity contribution >= 4 is 34.1 Å². The molecule has 18 heavy (non-hydrogen) atoms. The minimum Gasteiger partial charge on any atom is -0.496 e. The number of hydrogen-bond acceptors (Lipinski definition) is 3. The molecule has 1 aromatic carbocycles. The Morgan fingerprint density at radius 3 is 2.78 bits per heavy atom. The molecule has 0 radical (unpaired) electrons. The molecular weight excluding hydrogens is 320 g/mol. The van der Waals surface area contributed by atoms with Crippen LogP contribution in [0.25, 0.3) is 11.3 Å². The van der Waals surface area contributed by atoms with Crippen molar-refractivity contribution in [1.29, 1.82) is 0 Å². The van der Waals surface area contributed by atoms with Crippen LogP contribution in [0.5, 0.6) is 5.75 Å². The fourth-order valence-corrected chi connectivity index (χ4v) is 2.19. The summed E-state index contributed by atoms with van der Waals surface area (Å²) in [7, 11) is 1.52. The summed E-state index contributed by atoms with van der Waals surface area (Å²) in [6.45, 7) is 0. The zero-order chi connectivity index (χ0) is 13.3. The van der Waals surface area contributed by atoms with Gasteiger partial charge < -0.3 is 19.8 Å². The van der Waals surface area contributed by atoms with Gasteiger partial charge in [-0.3, -0.25) is 0 Å². The first-order valence-electron chi connectivity index (χ1n) is 4.92. The molecule has 0 aliphatic carbocycles. The maximum absolute atomic E-state index is 11.1. The maximum Gasteiger partial charge on any atom is 0.354 e. The largest absolute Gasteiger partial charge is 0.496 e. The lowest BCUT2D eigenvalue weighted by Crippen LogP contribution is -2.00. The summed E-state index contributed by atoms with van der Waals surface area (Å²) in [6, 6.07) is 5.32. The third-order valence-electron chi connectivity index (χ3n) is 2.37. The number of methoxy groups -OCH3 is 1. The number of hydrogen-bond donors (Lipinski definition) is 3. The number of carboxylic acids is 1.